The summed E-state index contributed by atoms with van der Waals surface area (Å²) in [6.45, 7) is 0. The fourth-order valence-corrected chi connectivity index (χ4v) is 1.74. The van der Waals surface area contributed by atoms with E-state index in [9.17, 15) is 9.18 Å². The molecule has 4 heteroatoms. The van der Waals surface area contributed by atoms with Crippen LogP contribution < -0.4 is 0 Å². The SMILES string of the molecule is CSCCC(=O)c1c(F)cccc1Cl. The van der Waals surface area contributed by atoms with E-state index in [2.05, 4.69) is 0 Å². The number of hydrogen-bond acceptors (Lipinski definition) is 2. The summed E-state index contributed by atoms with van der Waals surface area (Å²) >= 11 is 7.29. The third-order valence-corrected chi connectivity index (χ3v) is 2.70. The van der Waals surface area contributed by atoms with Crippen molar-refractivity contribution < 1.29 is 9.18 Å². The van der Waals surface area contributed by atoms with Gasteiger partial charge in [-0.25, -0.2) is 4.39 Å². The molecule has 0 aliphatic heterocycles. The Kier molecular flexibility index (Phi) is 4.42. The number of thioether (sulfide) groups is 1. The third-order valence-electron chi connectivity index (χ3n) is 1.77. The van der Waals surface area contributed by atoms with E-state index >= 15 is 0 Å². The largest absolute Gasteiger partial charge is 0.294 e. The van der Waals surface area contributed by atoms with Gasteiger partial charge in [-0.3, -0.25) is 4.79 Å². The average Bonchev–Trinajstić information content (AvgIpc) is 2.14. The number of Topliss-reactive ketones (excluding diaryl/α,β-unsaturated/α-hetero) is 1. The highest BCUT2D eigenvalue weighted by molar-refractivity contribution is 7.98. The Morgan fingerprint density at radius 2 is 2.29 bits per heavy atom. The molecule has 0 saturated carbocycles. The molecule has 0 aliphatic carbocycles. The molecule has 1 aromatic rings. The summed E-state index contributed by atoms with van der Waals surface area (Å²) < 4.78 is 13.2. The van der Waals surface area contributed by atoms with Crippen molar-refractivity contribution >= 4 is 29.1 Å². The van der Waals surface area contributed by atoms with Crippen LogP contribution in [0.5, 0.6) is 0 Å². The normalized spacial score (nSPS) is 10.2. The highest BCUT2D eigenvalue weighted by Crippen LogP contribution is 2.20. The number of benzene rings is 1. The number of hydrogen-bond donors (Lipinski definition) is 0. The lowest BCUT2D eigenvalue weighted by Gasteiger charge is -2.03. The van der Waals surface area contributed by atoms with Crippen molar-refractivity contribution in [3.05, 3.63) is 34.6 Å². The molecule has 0 fully saturated rings. The van der Waals surface area contributed by atoms with E-state index in [1.165, 1.54) is 18.2 Å². The van der Waals surface area contributed by atoms with E-state index in [4.69, 9.17) is 11.6 Å². The van der Waals surface area contributed by atoms with Gasteiger partial charge in [-0.05, 0) is 18.4 Å². The highest BCUT2D eigenvalue weighted by Gasteiger charge is 2.14. The summed E-state index contributed by atoms with van der Waals surface area (Å²) in [5.41, 5.74) is 0.0169. The number of halogens is 2. The smallest absolute Gasteiger partial charge is 0.168 e. The molecule has 0 bridgehead atoms. The van der Waals surface area contributed by atoms with Crippen LogP contribution in [0.3, 0.4) is 0 Å². The fraction of sp³-hybridized carbons (Fsp3) is 0.300. The highest BCUT2D eigenvalue weighted by atomic mass is 35.5. The first kappa shape index (κ1) is 11.5. The third kappa shape index (κ3) is 2.72. The van der Waals surface area contributed by atoms with Gasteiger partial charge in [0.1, 0.15) is 5.82 Å². The number of carbonyl (C=O) groups is 1. The molecule has 1 aromatic carbocycles. The zero-order chi connectivity index (χ0) is 10.6. The minimum Gasteiger partial charge on any atom is -0.294 e. The monoisotopic (exact) mass is 232 g/mol. The van der Waals surface area contributed by atoms with Crippen LogP contribution in [-0.2, 0) is 0 Å². The van der Waals surface area contributed by atoms with Crippen LogP contribution in [0.4, 0.5) is 4.39 Å². The van der Waals surface area contributed by atoms with E-state index in [0.29, 0.717) is 12.2 Å². The Balaban J connectivity index is 2.89. The Hall–Kier alpha value is -0.540. The van der Waals surface area contributed by atoms with Gasteiger partial charge >= 0.3 is 0 Å². The molecule has 0 unspecified atom stereocenters. The first-order valence-electron chi connectivity index (χ1n) is 4.13. The fourth-order valence-electron chi connectivity index (χ4n) is 1.08. The van der Waals surface area contributed by atoms with E-state index < -0.39 is 5.82 Å². The van der Waals surface area contributed by atoms with Crippen LogP contribution in [0.1, 0.15) is 16.8 Å². The molecule has 0 atom stereocenters. The van der Waals surface area contributed by atoms with Crippen LogP contribution >= 0.6 is 23.4 Å². The maximum atomic E-state index is 13.2. The van der Waals surface area contributed by atoms with Crippen LogP contribution in [0.25, 0.3) is 0 Å². The predicted octanol–water partition coefficient (Wildman–Crippen LogP) is 3.41. The summed E-state index contributed by atoms with van der Waals surface area (Å²) in [6.07, 6.45) is 2.22. The Bertz CT molecular complexity index is 321. The molecule has 0 radical (unpaired) electrons. The molecular weight excluding hydrogens is 223 g/mol. The van der Waals surface area contributed by atoms with Crippen molar-refractivity contribution in [3.8, 4) is 0 Å². The lowest BCUT2D eigenvalue weighted by molar-refractivity contribution is 0.0986. The molecule has 14 heavy (non-hydrogen) atoms. The van der Waals surface area contributed by atoms with Gasteiger partial charge in [0.15, 0.2) is 5.78 Å². The molecule has 1 nitrogen and oxygen atoms in total. The molecule has 1 rings (SSSR count). The molecule has 0 amide bonds. The second kappa shape index (κ2) is 5.37. The van der Waals surface area contributed by atoms with E-state index in [0.717, 1.165) is 0 Å². The summed E-state index contributed by atoms with van der Waals surface area (Å²) in [7, 11) is 0. The molecule has 76 valence electrons. The zero-order valence-electron chi connectivity index (χ0n) is 7.72. The second-order valence-electron chi connectivity index (χ2n) is 2.76. The second-order valence-corrected chi connectivity index (χ2v) is 4.16. The quantitative estimate of drug-likeness (QED) is 0.740. The van der Waals surface area contributed by atoms with Gasteiger partial charge in [0, 0.05) is 12.2 Å². The zero-order valence-corrected chi connectivity index (χ0v) is 9.29. The minimum absolute atomic E-state index is 0.0169. The first-order valence-corrected chi connectivity index (χ1v) is 5.90. The molecule has 0 aliphatic rings. The Labute approximate surface area is 91.6 Å². The number of ketones is 1. The Morgan fingerprint density at radius 3 is 2.86 bits per heavy atom. The lowest BCUT2D eigenvalue weighted by atomic mass is 10.1. The van der Waals surface area contributed by atoms with Crippen LogP contribution in [-0.4, -0.2) is 17.8 Å². The van der Waals surface area contributed by atoms with Crippen molar-refractivity contribution in [1.82, 2.24) is 0 Å². The first-order chi connectivity index (χ1) is 6.66. The van der Waals surface area contributed by atoms with Crippen molar-refractivity contribution in [2.24, 2.45) is 0 Å². The van der Waals surface area contributed by atoms with E-state index in [1.54, 1.807) is 11.8 Å². The van der Waals surface area contributed by atoms with Gasteiger partial charge in [-0.1, -0.05) is 17.7 Å². The number of carbonyl (C=O) groups excluding carboxylic acids is 1. The lowest BCUT2D eigenvalue weighted by Crippen LogP contribution is -2.04. The molecule has 0 heterocycles. The maximum Gasteiger partial charge on any atom is 0.168 e. The van der Waals surface area contributed by atoms with Gasteiger partial charge in [0.2, 0.25) is 0 Å². The van der Waals surface area contributed by atoms with Gasteiger partial charge in [0.25, 0.3) is 0 Å². The molecule has 0 N–H and O–H groups in total. The molecule has 0 aromatic heterocycles. The Morgan fingerprint density at radius 1 is 1.57 bits per heavy atom. The molecule has 0 spiro atoms. The average molecular weight is 233 g/mol. The van der Waals surface area contributed by atoms with Crippen LogP contribution in [0.15, 0.2) is 18.2 Å². The van der Waals surface area contributed by atoms with Crippen molar-refractivity contribution in [2.45, 2.75) is 6.42 Å². The summed E-state index contributed by atoms with van der Waals surface area (Å²) in [5.74, 6) is -0.0881. The number of rotatable bonds is 4. The van der Waals surface area contributed by atoms with E-state index in [1.807, 2.05) is 6.26 Å². The van der Waals surface area contributed by atoms with Crippen molar-refractivity contribution in [1.29, 1.82) is 0 Å². The summed E-state index contributed by atoms with van der Waals surface area (Å²) in [4.78, 5) is 11.5. The molecule has 0 saturated heterocycles. The van der Waals surface area contributed by atoms with Crippen LogP contribution in [0, 0.1) is 5.82 Å². The predicted molar refractivity (Wildman–Crippen MR) is 58.7 cm³/mol. The van der Waals surface area contributed by atoms with E-state index in [-0.39, 0.29) is 16.4 Å². The molecular formula is C10H10ClFOS. The topological polar surface area (TPSA) is 17.1 Å². The van der Waals surface area contributed by atoms with Gasteiger partial charge in [-0.2, -0.15) is 11.8 Å². The van der Waals surface area contributed by atoms with Gasteiger partial charge in [-0.15, -0.1) is 0 Å². The van der Waals surface area contributed by atoms with Gasteiger partial charge in [0.05, 0.1) is 10.6 Å². The van der Waals surface area contributed by atoms with Crippen molar-refractivity contribution in [3.63, 3.8) is 0 Å². The minimum atomic E-state index is -0.538. The van der Waals surface area contributed by atoms with Crippen molar-refractivity contribution in [2.75, 3.05) is 12.0 Å². The van der Waals surface area contributed by atoms with Crippen LogP contribution in [0.2, 0.25) is 5.02 Å². The summed E-state index contributed by atoms with van der Waals surface area (Å²) in [6, 6.07) is 4.26. The maximum absolute atomic E-state index is 13.2. The van der Waals surface area contributed by atoms with Gasteiger partial charge < -0.3 is 0 Å². The standard InChI is InChI=1S/C10H10ClFOS/c1-14-6-5-9(13)10-7(11)3-2-4-8(10)12/h2-4H,5-6H2,1H3. The summed E-state index contributed by atoms with van der Waals surface area (Å²) in [5, 5.41) is 0.191.